The number of carbonyl (C=O) groups is 13. The number of primary amides is 2. The van der Waals surface area contributed by atoms with Crippen LogP contribution in [-0.2, 0) is 88.0 Å². The average molecular weight is 1540 g/mol. The Morgan fingerprint density at radius 3 is 1.87 bits per heavy atom. The van der Waals surface area contributed by atoms with Crippen molar-refractivity contribution in [3.63, 3.8) is 0 Å². The fourth-order valence-electron chi connectivity index (χ4n) is 12.3. The molecular weight excluding hydrogens is 1440 g/mol. The highest BCUT2D eigenvalue weighted by molar-refractivity contribution is 6.00. The van der Waals surface area contributed by atoms with Gasteiger partial charge in [0, 0.05) is 93.2 Å². The van der Waals surface area contributed by atoms with Crippen LogP contribution in [-0.4, -0.2) is 195 Å². The van der Waals surface area contributed by atoms with Gasteiger partial charge in [-0.15, -0.1) is 0 Å². The van der Waals surface area contributed by atoms with Crippen LogP contribution in [0.2, 0.25) is 0 Å². The number of rotatable bonds is 42. The first-order valence-corrected chi connectivity index (χ1v) is 36.1. The number of nitrogens with zero attached hydrogens (tertiary/aromatic N) is 3. The van der Waals surface area contributed by atoms with Gasteiger partial charge in [-0.05, 0) is 90.3 Å². The molecule has 2 aliphatic heterocycles. The molecule has 36 nitrogen and oxygen atoms in total. The number of phenolic OH excluding ortho intramolecular Hbond substituents is 1. The van der Waals surface area contributed by atoms with Crippen LogP contribution >= 0.6 is 0 Å². The zero-order chi connectivity index (χ0) is 81.0. The molecule has 0 aliphatic carbocycles. The minimum Gasteiger partial charge on any atom is -0.508 e. The fraction of sp³-hybridized carbons (Fsp3) is 0.413. The van der Waals surface area contributed by atoms with E-state index < -0.39 is 163 Å². The SMILES string of the molecule is CCC(=O)N[C@@H](CCC(=O)N[C@@H](Cc1ccc(N)cc1)C(=O)NC1CC(N)=CN([C@@H](Cc2c[nH]c3ccccc23)C(=O)NC(CC(N)=O)C(=O)N[C@@H](CO)C(=O)NC(Cc2ccccc2)C(=O)NCC2=CC([C@@H](CC(C)C)C(=O)NC(CCCNC(=N)NC)C(=O)N[C@@H](Cc3ccc(O)cc3)C(N)=O)N=N2)C1=O)C(=O)O. The van der Waals surface area contributed by atoms with Gasteiger partial charge >= 0.3 is 5.97 Å². The van der Waals surface area contributed by atoms with Gasteiger partial charge in [0.15, 0.2) is 5.96 Å². The van der Waals surface area contributed by atoms with E-state index in [2.05, 4.69) is 73.7 Å². The summed E-state index contributed by atoms with van der Waals surface area (Å²) in [6.45, 7) is 4.10. The van der Waals surface area contributed by atoms with Crippen molar-refractivity contribution in [1.29, 1.82) is 5.41 Å². The number of fused-ring (bicyclic) bond motifs is 1. The summed E-state index contributed by atoms with van der Waals surface area (Å²) in [5, 5.41) is 76.2. The number of aliphatic carboxylic acids is 1. The van der Waals surface area contributed by atoms with Crippen LogP contribution < -0.4 is 81.4 Å². The second kappa shape index (κ2) is 41.5. The Morgan fingerprint density at radius 2 is 1.23 bits per heavy atom. The van der Waals surface area contributed by atoms with Crippen molar-refractivity contribution < 1.29 is 77.6 Å². The highest BCUT2D eigenvalue weighted by Crippen LogP contribution is 2.28. The number of carboxylic acid groups (broad SMARTS) is 1. The topological polar surface area (TPSA) is 587 Å². The molecular formula is C75H98N20O16. The third-order valence-electron chi connectivity index (χ3n) is 18.3. The van der Waals surface area contributed by atoms with Crippen molar-refractivity contribution in [1.82, 2.24) is 68.4 Å². The molecule has 5 aromatic rings. The Labute approximate surface area is 639 Å². The van der Waals surface area contributed by atoms with Gasteiger partial charge in [0.25, 0.3) is 0 Å². The molecule has 24 N–H and O–H groups in total. The third-order valence-corrected chi connectivity index (χ3v) is 18.3. The minimum atomic E-state index is -1.92. The van der Waals surface area contributed by atoms with Gasteiger partial charge < -0.3 is 107 Å². The monoisotopic (exact) mass is 1530 g/mol. The summed E-state index contributed by atoms with van der Waals surface area (Å²) in [7, 11) is 1.55. The maximum atomic E-state index is 15.1. The number of carboxylic acids is 1. The van der Waals surface area contributed by atoms with Crippen LogP contribution in [0.15, 0.2) is 143 Å². The smallest absolute Gasteiger partial charge is 0.326 e. The van der Waals surface area contributed by atoms with E-state index in [1.54, 1.807) is 110 Å². The van der Waals surface area contributed by atoms with E-state index in [1.165, 1.54) is 25.3 Å². The summed E-state index contributed by atoms with van der Waals surface area (Å²) in [6, 6.07) is 13.1. The number of para-hydroxylation sites is 1. The van der Waals surface area contributed by atoms with Crippen LogP contribution in [0.4, 0.5) is 5.69 Å². The first-order valence-electron chi connectivity index (χ1n) is 36.1. The zero-order valence-corrected chi connectivity index (χ0v) is 61.9. The first kappa shape index (κ1) is 85.5. The fourth-order valence-corrected chi connectivity index (χ4v) is 12.3. The van der Waals surface area contributed by atoms with Gasteiger partial charge in [-0.1, -0.05) is 93.6 Å². The van der Waals surface area contributed by atoms with Crippen molar-refractivity contribution in [2.75, 3.05) is 32.5 Å². The Bertz CT molecular complexity index is 4260. The number of aromatic nitrogens is 1. The van der Waals surface area contributed by atoms with Crippen molar-refractivity contribution in [3.8, 4) is 5.75 Å². The van der Waals surface area contributed by atoms with Crippen molar-refractivity contribution >= 4 is 99.4 Å². The molecule has 0 radical (unpaired) electrons. The number of phenols is 1. The van der Waals surface area contributed by atoms with Gasteiger partial charge in [0.2, 0.25) is 70.9 Å². The highest BCUT2D eigenvalue weighted by Gasteiger charge is 2.41. The van der Waals surface area contributed by atoms with Gasteiger partial charge in [-0.2, -0.15) is 10.2 Å². The number of carbonyl (C=O) groups excluding carboxylic acids is 12. The number of aromatic hydroxyl groups is 1. The molecule has 111 heavy (non-hydrogen) atoms. The predicted octanol–water partition coefficient (Wildman–Crippen LogP) is -1.35. The molecule has 11 atom stereocenters. The third kappa shape index (κ3) is 26.3. The number of azo groups is 1. The molecule has 7 rings (SSSR count). The molecule has 4 aromatic carbocycles. The lowest BCUT2D eigenvalue weighted by molar-refractivity contribution is -0.142. The standard InChI is InChI=1S/C75H98N20O16/c1-5-63(99)85-53(74(110)111)25-26-64(100)86-57(31-42-17-21-45(76)22-18-42)69(105)91-59-33-46(77)38-95(73(59)109)61(32-44-36-83-51-15-10-9-14-49(44)51)72(108)90-58(35-62(78)98)70(106)92-60(39-96)71(107)89-56(30-41-12-7-6-8-13-41)67(103)84-37-47-34-54(94-93-47)50(28-40(2)3)66(102)87-52(16-11-27-82-75(80)81-4)68(104)88-55(65(79)101)29-43-19-23-48(97)24-20-43/h6-10,12-15,17-24,34,36,38,40,50,52-61,83,96-97H,5,11,16,25-33,35,37,39,76-77H2,1-4H3,(H2,78,98)(H2,79,101)(H,84,103)(H,85,99)(H,86,100)(H,87,102)(H,88,104)(H,89,107)(H,90,108)(H,91,105)(H,92,106)(H,110,111)(H3,80,81,82)/t50-,52?,53+,54?,55+,56?,57+,58?,59?,60+,61+/m1/s1. The number of aliphatic hydroxyl groups excluding tert-OH is 1. The lowest BCUT2D eigenvalue weighted by Crippen LogP contribution is -2.62. The Balaban J connectivity index is 1.06. The van der Waals surface area contributed by atoms with Crippen LogP contribution in [0.1, 0.15) is 94.4 Å². The van der Waals surface area contributed by atoms with E-state index in [0.29, 0.717) is 38.8 Å². The largest absolute Gasteiger partial charge is 0.508 e. The lowest BCUT2D eigenvalue weighted by atomic mass is 9.89. The van der Waals surface area contributed by atoms with Crippen molar-refractivity contribution in [2.45, 2.75) is 158 Å². The lowest BCUT2D eigenvalue weighted by Gasteiger charge is -2.36. The number of anilines is 1. The Kier molecular flexibility index (Phi) is 32.0. The van der Waals surface area contributed by atoms with Crippen molar-refractivity contribution in [3.05, 3.63) is 155 Å². The highest BCUT2D eigenvalue weighted by atomic mass is 16.4. The predicted molar refractivity (Wildman–Crippen MR) is 405 cm³/mol. The second-order valence-electron chi connectivity index (χ2n) is 27.3. The summed E-state index contributed by atoms with van der Waals surface area (Å²) >= 11 is 0. The number of amides is 12. The maximum absolute atomic E-state index is 15.1. The molecule has 3 heterocycles. The number of nitrogen functional groups attached to an aromatic ring is 1. The molecule has 0 saturated heterocycles. The molecule has 1 aromatic heterocycles. The number of aliphatic hydroxyl groups is 1. The summed E-state index contributed by atoms with van der Waals surface area (Å²) in [5.74, 6) is -13.1. The van der Waals surface area contributed by atoms with Gasteiger partial charge in [0.1, 0.15) is 66.2 Å². The van der Waals surface area contributed by atoms with E-state index in [0.717, 1.165) is 4.90 Å². The molecule has 0 fully saturated rings. The number of aromatic amines is 1. The Hall–Kier alpha value is -12.8. The molecule has 0 spiro atoms. The molecule has 594 valence electrons. The maximum Gasteiger partial charge on any atom is 0.326 e. The number of hydrogen-bond donors (Lipinski definition) is 20. The number of guanidine groups is 1. The number of nitrogens with two attached hydrogens (primary N) is 4. The minimum absolute atomic E-state index is 0.0128. The molecule has 0 bridgehead atoms. The van der Waals surface area contributed by atoms with Gasteiger partial charge in [0.05, 0.1) is 31.2 Å². The van der Waals surface area contributed by atoms with Crippen molar-refractivity contribution in [2.24, 2.45) is 39.3 Å². The number of nitrogens with one attached hydrogen (secondary N) is 13. The average Bonchev–Trinajstić information content (AvgIpc) is 1.78. The van der Waals surface area contributed by atoms with Crippen LogP contribution in [0, 0.1) is 17.2 Å². The Morgan fingerprint density at radius 1 is 0.649 bits per heavy atom. The quantitative estimate of drug-likeness (QED) is 0.00930. The second-order valence-corrected chi connectivity index (χ2v) is 27.3. The summed E-state index contributed by atoms with van der Waals surface area (Å²) < 4.78 is 0. The summed E-state index contributed by atoms with van der Waals surface area (Å²) in [6.07, 6.45) is 2.18. The molecule has 12 amide bonds. The van der Waals surface area contributed by atoms with Gasteiger partial charge in [-0.25, -0.2) is 4.79 Å². The van der Waals surface area contributed by atoms with Crippen LogP contribution in [0.3, 0.4) is 0 Å². The number of hydrogen-bond acceptors (Lipinski definition) is 20. The van der Waals surface area contributed by atoms with E-state index in [1.807, 2.05) is 13.8 Å². The summed E-state index contributed by atoms with van der Waals surface area (Å²) in [4.78, 5) is 183. The number of benzene rings is 4. The normalized spacial score (nSPS) is 16.2. The summed E-state index contributed by atoms with van der Waals surface area (Å²) in [5.41, 5.74) is 27.1. The zero-order valence-electron chi connectivity index (χ0n) is 61.9. The first-order chi connectivity index (χ1) is 52.9. The van der Waals surface area contributed by atoms with E-state index in [4.69, 9.17) is 28.3 Å². The van der Waals surface area contributed by atoms with E-state index in [-0.39, 0.29) is 106 Å². The molecule has 36 heteroatoms. The molecule has 0 saturated carbocycles. The van der Waals surface area contributed by atoms with Crippen LogP contribution in [0.5, 0.6) is 5.75 Å². The van der Waals surface area contributed by atoms with Crippen LogP contribution in [0.25, 0.3) is 10.9 Å². The van der Waals surface area contributed by atoms with Gasteiger partial charge in [-0.3, -0.25) is 62.9 Å². The molecule has 2 aliphatic rings. The molecule has 5 unspecified atom stereocenters. The van der Waals surface area contributed by atoms with E-state index in [9.17, 15) is 72.9 Å². The van der Waals surface area contributed by atoms with E-state index >= 15 is 4.79 Å². The number of H-pyrrole nitrogens is 1.